The molecule has 0 amide bonds. The molecule has 10 nitrogen and oxygen atoms in total. The topological polar surface area (TPSA) is 156 Å². The molecule has 0 spiro atoms. The Kier molecular flexibility index (Phi) is 6.97. The zero-order valence-corrected chi connectivity index (χ0v) is 20.5. The maximum Gasteiger partial charge on any atom is 0.341 e. The molecular formula is C27H25N5O5. The summed E-state index contributed by atoms with van der Waals surface area (Å²) in [7, 11) is 3.06. The number of aromatic nitrogens is 3. The number of carboxylic acids is 1. The van der Waals surface area contributed by atoms with E-state index in [2.05, 4.69) is 21.8 Å². The number of methoxy groups -OCH3 is 2. The first-order valence-electron chi connectivity index (χ1n) is 11.3. The van der Waals surface area contributed by atoms with Crippen LogP contribution in [0.5, 0.6) is 11.5 Å². The summed E-state index contributed by atoms with van der Waals surface area (Å²) in [6, 6.07) is 8.88. The zero-order valence-electron chi connectivity index (χ0n) is 20.5. The molecule has 0 saturated heterocycles. The SMILES string of the molecule is CCn1cc(C(=O)O)c(=O)c2c(Cc3cnc(N)nc3N)c(C#Cc3cccc(OC)c3OC)ccc21. The molecule has 0 radical (unpaired) electrons. The molecule has 0 saturated carbocycles. The van der Waals surface area contributed by atoms with Crippen molar-refractivity contribution in [3.63, 3.8) is 0 Å². The molecular weight excluding hydrogens is 474 g/mol. The van der Waals surface area contributed by atoms with Crippen LogP contribution in [0.2, 0.25) is 0 Å². The van der Waals surface area contributed by atoms with Gasteiger partial charge in [0, 0.05) is 36.5 Å². The number of nitrogens with two attached hydrogens (primary N) is 2. The highest BCUT2D eigenvalue weighted by atomic mass is 16.5. The highest BCUT2D eigenvalue weighted by Crippen LogP contribution is 2.30. The molecule has 0 unspecified atom stereocenters. The quantitative estimate of drug-likeness (QED) is 0.339. The summed E-state index contributed by atoms with van der Waals surface area (Å²) in [5.74, 6) is 6.07. The first-order valence-corrected chi connectivity index (χ1v) is 11.3. The number of ether oxygens (including phenoxy) is 2. The van der Waals surface area contributed by atoms with Gasteiger partial charge in [0.2, 0.25) is 11.4 Å². The van der Waals surface area contributed by atoms with Crippen LogP contribution in [0.25, 0.3) is 10.9 Å². The van der Waals surface area contributed by atoms with Crippen LogP contribution >= 0.6 is 0 Å². The summed E-state index contributed by atoms with van der Waals surface area (Å²) in [5.41, 5.74) is 13.5. The number of carboxylic acid groups (broad SMARTS) is 1. The summed E-state index contributed by atoms with van der Waals surface area (Å²) in [6.07, 6.45) is 2.97. The minimum Gasteiger partial charge on any atom is -0.493 e. The number of benzene rings is 2. The van der Waals surface area contributed by atoms with E-state index in [-0.39, 0.29) is 29.1 Å². The van der Waals surface area contributed by atoms with Crippen molar-refractivity contribution in [1.29, 1.82) is 0 Å². The van der Waals surface area contributed by atoms with Crippen LogP contribution < -0.4 is 26.4 Å². The lowest BCUT2D eigenvalue weighted by atomic mass is 9.94. The number of carbonyl (C=O) groups is 1. The largest absolute Gasteiger partial charge is 0.493 e. The lowest BCUT2D eigenvalue weighted by Crippen LogP contribution is -2.20. The molecule has 4 aromatic rings. The maximum atomic E-state index is 13.4. The Balaban J connectivity index is 2.03. The van der Waals surface area contributed by atoms with Crippen molar-refractivity contribution in [1.82, 2.24) is 14.5 Å². The summed E-state index contributed by atoms with van der Waals surface area (Å²) in [4.78, 5) is 33.4. The molecule has 0 bridgehead atoms. The molecule has 188 valence electrons. The molecule has 10 heteroatoms. The van der Waals surface area contributed by atoms with E-state index in [1.54, 1.807) is 34.9 Å². The Morgan fingerprint density at radius 3 is 2.51 bits per heavy atom. The van der Waals surface area contributed by atoms with Gasteiger partial charge in [-0.2, -0.15) is 4.98 Å². The Bertz CT molecular complexity index is 1650. The van der Waals surface area contributed by atoms with Gasteiger partial charge in [0.15, 0.2) is 11.5 Å². The highest BCUT2D eigenvalue weighted by molar-refractivity contribution is 5.94. The van der Waals surface area contributed by atoms with Crippen molar-refractivity contribution in [2.45, 2.75) is 19.9 Å². The van der Waals surface area contributed by atoms with Gasteiger partial charge in [-0.15, -0.1) is 0 Å². The van der Waals surface area contributed by atoms with Gasteiger partial charge in [-0.25, -0.2) is 9.78 Å². The van der Waals surface area contributed by atoms with Gasteiger partial charge in [-0.05, 0) is 36.8 Å². The number of pyridine rings is 1. The van der Waals surface area contributed by atoms with Crippen molar-refractivity contribution >= 4 is 28.6 Å². The fourth-order valence-electron chi connectivity index (χ4n) is 4.14. The number of nitrogens with zero attached hydrogens (tertiary/aromatic N) is 3. The fraction of sp³-hybridized carbons (Fsp3) is 0.185. The van der Waals surface area contributed by atoms with Gasteiger partial charge < -0.3 is 30.6 Å². The van der Waals surface area contributed by atoms with Crippen LogP contribution in [0.1, 0.15) is 39.5 Å². The van der Waals surface area contributed by atoms with Gasteiger partial charge >= 0.3 is 5.97 Å². The number of fused-ring (bicyclic) bond motifs is 1. The molecule has 37 heavy (non-hydrogen) atoms. The summed E-state index contributed by atoms with van der Waals surface area (Å²) >= 11 is 0. The van der Waals surface area contributed by atoms with Crippen LogP contribution in [-0.4, -0.2) is 39.8 Å². The number of nitrogen functional groups attached to an aromatic ring is 2. The second-order valence-corrected chi connectivity index (χ2v) is 8.06. The van der Waals surface area contributed by atoms with Crippen molar-refractivity contribution in [3.8, 4) is 23.3 Å². The van der Waals surface area contributed by atoms with E-state index in [4.69, 9.17) is 20.9 Å². The summed E-state index contributed by atoms with van der Waals surface area (Å²) in [5, 5.41) is 9.95. The van der Waals surface area contributed by atoms with E-state index in [1.165, 1.54) is 26.6 Å². The van der Waals surface area contributed by atoms with E-state index in [0.717, 1.165) is 0 Å². The number of hydrogen-bond acceptors (Lipinski definition) is 8. The molecule has 5 N–H and O–H groups in total. The third kappa shape index (κ3) is 4.75. The number of para-hydroxylation sites is 1. The third-order valence-electron chi connectivity index (χ3n) is 5.95. The van der Waals surface area contributed by atoms with Crippen LogP contribution in [-0.2, 0) is 13.0 Å². The van der Waals surface area contributed by atoms with Crippen molar-refractivity contribution in [2.24, 2.45) is 0 Å². The highest BCUT2D eigenvalue weighted by Gasteiger charge is 2.20. The first-order chi connectivity index (χ1) is 17.8. The second-order valence-electron chi connectivity index (χ2n) is 8.06. The minimum absolute atomic E-state index is 0.0193. The molecule has 0 aliphatic rings. The van der Waals surface area contributed by atoms with Crippen LogP contribution in [0.3, 0.4) is 0 Å². The lowest BCUT2D eigenvalue weighted by Gasteiger charge is -2.15. The molecule has 0 atom stereocenters. The smallest absolute Gasteiger partial charge is 0.341 e. The molecule has 4 rings (SSSR count). The standard InChI is InChI=1S/C27H25N5O5/c1-4-32-14-19(26(34)35)23(33)22-18(12-17-13-30-27(29)31-25(17)28)15(10-11-20(22)32)8-9-16-6-5-7-21(36-2)24(16)37-3/h5-7,10-11,13-14H,4,12H2,1-3H3,(H,34,35)(H4,28,29,30,31). The molecule has 0 aliphatic carbocycles. The first kappa shape index (κ1) is 25.1. The number of hydrogen-bond donors (Lipinski definition) is 3. The number of rotatable bonds is 6. The zero-order chi connectivity index (χ0) is 26.7. The average Bonchev–Trinajstić information content (AvgIpc) is 2.89. The fourth-order valence-corrected chi connectivity index (χ4v) is 4.14. The molecule has 2 aromatic heterocycles. The van der Waals surface area contributed by atoms with Gasteiger partial charge in [-0.1, -0.05) is 17.9 Å². The monoisotopic (exact) mass is 499 g/mol. The molecule has 2 heterocycles. The molecule has 2 aromatic carbocycles. The number of anilines is 2. The van der Waals surface area contributed by atoms with Crippen LogP contribution in [0.4, 0.5) is 11.8 Å². The van der Waals surface area contributed by atoms with Gasteiger partial charge in [0.25, 0.3) is 0 Å². The number of aryl methyl sites for hydroxylation is 1. The van der Waals surface area contributed by atoms with Crippen molar-refractivity contribution < 1.29 is 19.4 Å². The number of aromatic carboxylic acids is 1. The average molecular weight is 500 g/mol. The van der Waals surface area contributed by atoms with Gasteiger partial charge in [0.05, 0.1) is 30.7 Å². The Labute approximate surface area is 212 Å². The Morgan fingerprint density at radius 1 is 1.11 bits per heavy atom. The van der Waals surface area contributed by atoms with Gasteiger partial charge in [0.1, 0.15) is 11.4 Å². The van der Waals surface area contributed by atoms with E-state index in [1.807, 2.05) is 6.92 Å². The lowest BCUT2D eigenvalue weighted by molar-refractivity contribution is 0.0695. The second kappa shape index (κ2) is 10.3. The Hall–Kier alpha value is -5.04. The molecule has 0 fully saturated rings. The maximum absolute atomic E-state index is 13.4. The van der Waals surface area contributed by atoms with E-state index >= 15 is 0 Å². The predicted octanol–water partition coefficient (Wildman–Crippen LogP) is 2.68. The summed E-state index contributed by atoms with van der Waals surface area (Å²) < 4.78 is 12.6. The van der Waals surface area contributed by atoms with Crippen LogP contribution in [0, 0.1) is 11.8 Å². The minimum atomic E-state index is -1.31. The van der Waals surface area contributed by atoms with E-state index < -0.39 is 11.4 Å². The predicted molar refractivity (Wildman–Crippen MR) is 140 cm³/mol. The third-order valence-corrected chi connectivity index (χ3v) is 5.95. The van der Waals surface area contributed by atoms with Crippen molar-refractivity contribution in [3.05, 3.63) is 80.8 Å². The van der Waals surface area contributed by atoms with Gasteiger partial charge in [-0.3, -0.25) is 4.79 Å². The van der Waals surface area contributed by atoms with E-state index in [9.17, 15) is 14.7 Å². The molecule has 0 aliphatic heterocycles. The normalized spacial score (nSPS) is 10.6. The van der Waals surface area contributed by atoms with Crippen molar-refractivity contribution in [2.75, 3.05) is 25.7 Å². The van der Waals surface area contributed by atoms with Crippen LogP contribution in [0.15, 0.2) is 47.5 Å². The summed E-state index contributed by atoms with van der Waals surface area (Å²) in [6.45, 7) is 2.32. The van der Waals surface area contributed by atoms with E-state index in [0.29, 0.717) is 45.8 Å². The Morgan fingerprint density at radius 2 is 1.86 bits per heavy atom.